The van der Waals surface area contributed by atoms with Gasteiger partial charge in [0, 0.05) is 32.1 Å². The molecule has 0 aromatic carbocycles. The van der Waals surface area contributed by atoms with E-state index in [9.17, 15) is 18.3 Å². The fraction of sp³-hybridized carbons (Fsp3) is 0.643. The van der Waals surface area contributed by atoms with Crippen LogP contribution in [0, 0.1) is 5.92 Å². The van der Waals surface area contributed by atoms with Gasteiger partial charge in [-0.2, -0.15) is 4.31 Å². The van der Waals surface area contributed by atoms with E-state index in [1.807, 2.05) is 0 Å². The minimum atomic E-state index is -3.61. The molecule has 2 saturated heterocycles. The van der Waals surface area contributed by atoms with Crippen molar-refractivity contribution in [2.75, 3.05) is 26.2 Å². The SMILES string of the molecule is O=C(NCC1CNCC1O)C1CCCN1S(=O)(=O)c1cccs1. The minimum absolute atomic E-state index is 0.0253. The van der Waals surface area contributed by atoms with Crippen LogP contribution < -0.4 is 10.6 Å². The normalized spacial score (nSPS) is 29.0. The summed E-state index contributed by atoms with van der Waals surface area (Å²) < 4.78 is 26.8. The monoisotopic (exact) mass is 359 g/mol. The van der Waals surface area contributed by atoms with Crippen molar-refractivity contribution in [3.8, 4) is 0 Å². The van der Waals surface area contributed by atoms with Crippen LogP contribution in [0.2, 0.25) is 0 Å². The molecular formula is C14H21N3O4S2. The lowest BCUT2D eigenvalue weighted by Gasteiger charge is -2.23. The highest BCUT2D eigenvalue weighted by Gasteiger charge is 2.40. The minimum Gasteiger partial charge on any atom is -0.391 e. The number of nitrogens with zero attached hydrogens (tertiary/aromatic N) is 1. The Morgan fingerprint density at radius 2 is 2.30 bits per heavy atom. The van der Waals surface area contributed by atoms with Crippen LogP contribution in [0.4, 0.5) is 0 Å². The van der Waals surface area contributed by atoms with Crippen LogP contribution in [0.5, 0.6) is 0 Å². The summed E-state index contributed by atoms with van der Waals surface area (Å²) >= 11 is 1.16. The second-order valence-electron chi connectivity index (χ2n) is 5.94. The van der Waals surface area contributed by atoms with Gasteiger partial charge in [0.15, 0.2) is 0 Å². The zero-order chi connectivity index (χ0) is 16.4. The predicted molar refractivity (Wildman–Crippen MR) is 86.6 cm³/mol. The van der Waals surface area contributed by atoms with Gasteiger partial charge in [0.2, 0.25) is 5.91 Å². The highest BCUT2D eigenvalue weighted by atomic mass is 32.2. The highest BCUT2D eigenvalue weighted by molar-refractivity contribution is 7.91. The number of aliphatic hydroxyl groups excluding tert-OH is 1. The van der Waals surface area contributed by atoms with Crippen LogP contribution in [0.3, 0.4) is 0 Å². The molecule has 0 spiro atoms. The van der Waals surface area contributed by atoms with E-state index >= 15 is 0 Å². The Balaban J connectivity index is 1.65. The molecule has 0 bridgehead atoms. The summed E-state index contributed by atoms with van der Waals surface area (Å²) in [6.45, 7) is 1.91. The molecule has 3 heterocycles. The van der Waals surface area contributed by atoms with E-state index < -0.39 is 22.2 Å². The van der Waals surface area contributed by atoms with Gasteiger partial charge in [0.05, 0.1) is 6.10 Å². The summed E-state index contributed by atoms with van der Waals surface area (Å²) in [5.74, 6) is -0.301. The first-order chi connectivity index (χ1) is 11.0. The van der Waals surface area contributed by atoms with Gasteiger partial charge in [-0.25, -0.2) is 8.42 Å². The molecule has 2 fully saturated rings. The lowest BCUT2D eigenvalue weighted by Crippen LogP contribution is -2.47. The van der Waals surface area contributed by atoms with Gasteiger partial charge in [-0.1, -0.05) is 6.07 Å². The quantitative estimate of drug-likeness (QED) is 0.664. The summed E-state index contributed by atoms with van der Waals surface area (Å²) in [6, 6.07) is 2.60. The lowest BCUT2D eigenvalue weighted by molar-refractivity contribution is -0.124. The molecule has 2 aliphatic heterocycles. The smallest absolute Gasteiger partial charge is 0.253 e. The number of nitrogens with one attached hydrogen (secondary N) is 2. The van der Waals surface area contributed by atoms with Gasteiger partial charge < -0.3 is 15.7 Å². The number of β-amino-alcohol motifs (C(OH)–C–C–N with tert-alkyl or cyclic N) is 1. The molecule has 0 saturated carbocycles. The summed E-state index contributed by atoms with van der Waals surface area (Å²) in [7, 11) is -3.61. The molecule has 1 aromatic rings. The van der Waals surface area contributed by atoms with Crippen molar-refractivity contribution in [3.05, 3.63) is 17.5 Å². The van der Waals surface area contributed by atoms with E-state index in [2.05, 4.69) is 10.6 Å². The first kappa shape index (κ1) is 16.8. The van der Waals surface area contributed by atoms with Gasteiger partial charge in [-0.15, -0.1) is 11.3 Å². The summed E-state index contributed by atoms with van der Waals surface area (Å²) in [5.41, 5.74) is 0. The number of amides is 1. The van der Waals surface area contributed by atoms with Crippen LogP contribution in [0.25, 0.3) is 0 Å². The average Bonchev–Trinajstić information content (AvgIpc) is 3.26. The van der Waals surface area contributed by atoms with Crippen LogP contribution in [0.1, 0.15) is 12.8 Å². The Labute approximate surface area is 139 Å². The molecule has 23 heavy (non-hydrogen) atoms. The van der Waals surface area contributed by atoms with Crippen LogP contribution in [-0.2, 0) is 14.8 Å². The third-order valence-electron chi connectivity index (χ3n) is 4.41. The maximum Gasteiger partial charge on any atom is 0.253 e. The van der Waals surface area contributed by atoms with E-state index in [-0.39, 0.29) is 16.0 Å². The Morgan fingerprint density at radius 1 is 1.48 bits per heavy atom. The lowest BCUT2D eigenvalue weighted by atomic mass is 10.1. The maximum atomic E-state index is 12.6. The third-order valence-corrected chi connectivity index (χ3v) is 7.69. The van der Waals surface area contributed by atoms with Gasteiger partial charge in [0.1, 0.15) is 10.3 Å². The van der Waals surface area contributed by atoms with E-state index in [0.717, 1.165) is 11.3 Å². The zero-order valence-corrected chi connectivity index (χ0v) is 14.3. The number of carbonyl (C=O) groups is 1. The van der Waals surface area contributed by atoms with Crippen LogP contribution >= 0.6 is 11.3 Å². The molecule has 128 valence electrons. The topological polar surface area (TPSA) is 98.7 Å². The van der Waals surface area contributed by atoms with E-state index in [4.69, 9.17) is 0 Å². The number of aliphatic hydroxyl groups is 1. The zero-order valence-electron chi connectivity index (χ0n) is 12.6. The predicted octanol–water partition coefficient (Wildman–Crippen LogP) is -0.402. The van der Waals surface area contributed by atoms with E-state index in [1.54, 1.807) is 17.5 Å². The molecule has 9 heteroatoms. The number of rotatable bonds is 5. The Kier molecular flexibility index (Phi) is 5.02. The number of sulfonamides is 1. The number of thiophene rings is 1. The summed E-state index contributed by atoms with van der Waals surface area (Å²) in [5, 5.41) is 17.3. The fourth-order valence-corrected chi connectivity index (χ4v) is 5.87. The molecule has 0 radical (unpaired) electrons. The molecule has 3 unspecified atom stereocenters. The van der Waals surface area contributed by atoms with Crippen molar-refractivity contribution in [2.45, 2.75) is 29.2 Å². The highest BCUT2D eigenvalue weighted by Crippen LogP contribution is 2.28. The number of hydrogen-bond acceptors (Lipinski definition) is 6. The van der Waals surface area contributed by atoms with Crippen LogP contribution in [-0.4, -0.2) is 62.1 Å². The van der Waals surface area contributed by atoms with Gasteiger partial charge in [0.25, 0.3) is 10.0 Å². The first-order valence-electron chi connectivity index (χ1n) is 7.72. The van der Waals surface area contributed by atoms with Crippen molar-refractivity contribution in [1.29, 1.82) is 0 Å². The maximum absolute atomic E-state index is 12.6. The number of hydrogen-bond donors (Lipinski definition) is 3. The van der Waals surface area contributed by atoms with E-state index in [1.165, 1.54) is 4.31 Å². The summed E-state index contributed by atoms with van der Waals surface area (Å²) in [4.78, 5) is 12.4. The van der Waals surface area contributed by atoms with Crippen molar-refractivity contribution >= 4 is 27.3 Å². The van der Waals surface area contributed by atoms with Crippen molar-refractivity contribution < 1.29 is 18.3 Å². The molecule has 3 N–H and O–H groups in total. The largest absolute Gasteiger partial charge is 0.391 e. The Hall–Kier alpha value is -1.00. The van der Waals surface area contributed by atoms with E-state index in [0.29, 0.717) is 39.0 Å². The number of carbonyl (C=O) groups excluding carboxylic acids is 1. The second-order valence-corrected chi connectivity index (χ2v) is 9.00. The summed E-state index contributed by atoms with van der Waals surface area (Å²) in [6.07, 6.45) is 0.739. The fourth-order valence-electron chi connectivity index (χ4n) is 3.09. The standard InChI is InChI=1S/C14H21N3O4S2/c18-12-9-15-7-10(12)8-16-14(19)11-3-1-5-17(11)23(20,21)13-4-2-6-22-13/h2,4,6,10-12,15,18H,1,3,5,7-9H2,(H,16,19). The van der Waals surface area contributed by atoms with Gasteiger partial charge in [-0.05, 0) is 24.3 Å². The van der Waals surface area contributed by atoms with Gasteiger partial charge >= 0.3 is 0 Å². The molecule has 3 rings (SSSR count). The van der Waals surface area contributed by atoms with Crippen molar-refractivity contribution in [3.63, 3.8) is 0 Å². The van der Waals surface area contributed by atoms with Gasteiger partial charge in [-0.3, -0.25) is 4.79 Å². The van der Waals surface area contributed by atoms with Crippen LogP contribution in [0.15, 0.2) is 21.7 Å². The molecule has 3 atom stereocenters. The first-order valence-corrected chi connectivity index (χ1v) is 10.0. The third kappa shape index (κ3) is 3.43. The molecule has 0 aliphatic carbocycles. The second kappa shape index (κ2) is 6.86. The molecule has 1 amide bonds. The Bertz CT molecular complexity index is 647. The average molecular weight is 359 g/mol. The van der Waals surface area contributed by atoms with Crippen molar-refractivity contribution in [1.82, 2.24) is 14.9 Å². The molecular weight excluding hydrogens is 338 g/mol. The van der Waals surface area contributed by atoms with Crippen molar-refractivity contribution in [2.24, 2.45) is 5.92 Å². The molecule has 1 aromatic heterocycles. The molecule has 2 aliphatic rings. The Morgan fingerprint density at radius 3 is 2.96 bits per heavy atom. The molecule has 7 nitrogen and oxygen atoms in total.